The SMILES string of the molecule is Cc1cc(-c2nc3ccc(C=O)cc3n2CC2CCCOC2)cn(C)c1=O. The number of aromatic nitrogens is 3. The Kier molecular flexibility index (Phi) is 4.66. The second-order valence-electron chi connectivity index (χ2n) is 7.32. The van der Waals surface area contributed by atoms with Gasteiger partial charge < -0.3 is 13.9 Å². The lowest BCUT2D eigenvalue weighted by atomic mass is 10.0. The van der Waals surface area contributed by atoms with Crippen molar-refractivity contribution < 1.29 is 9.53 Å². The lowest BCUT2D eigenvalue weighted by Crippen LogP contribution is -2.23. The molecular weight excluding hydrogens is 342 g/mol. The van der Waals surface area contributed by atoms with Gasteiger partial charge in [0.1, 0.15) is 12.1 Å². The van der Waals surface area contributed by atoms with Crippen LogP contribution in [0.2, 0.25) is 0 Å². The van der Waals surface area contributed by atoms with E-state index >= 15 is 0 Å². The van der Waals surface area contributed by atoms with Crippen molar-refractivity contribution in [1.82, 2.24) is 14.1 Å². The van der Waals surface area contributed by atoms with Gasteiger partial charge in [-0.2, -0.15) is 0 Å². The van der Waals surface area contributed by atoms with Crippen molar-refractivity contribution in [2.24, 2.45) is 13.0 Å². The molecule has 140 valence electrons. The maximum Gasteiger partial charge on any atom is 0.253 e. The summed E-state index contributed by atoms with van der Waals surface area (Å²) < 4.78 is 9.41. The number of benzene rings is 1. The molecule has 1 unspecified atom stereocenters. The smallest absolute Gasteiger partial charge is 0.253 e. The van der Waals surface area contributed by atoms with Crippen LogP contribution in [0.4, 0.5) is 0 Å². The Morgan fingerprint density at radius 1 is 1.33 bits per heavy atom. The Morgan fingerprint density at radius 3 is 2.89 bits per heavy atom. The van der Waals surface area contributed by atoms with Crippen LogP contribution in [0.15, 0.2) is 35.3 Å². The highest BCUT2D eigenvalue weighted by Gasteiger charge is 2.20. The van der Waals surface area contributed by atoms with E-state index in [4.69, 9.17) is 9.72 Å². The standard InChI is InChI=1S/C21H23N3O3/c1-14-8-17(11-23(2)21(14)26)20-22-18-6-5-15(12-25)9-19(18)24(20)10-16-4-3-7-27-13-16/h5-6,8-9,11-12,16H,3-4,7,10,13H2,1-2H3. The van der Waals surface area contributed by atoms with Crippen LogP contribution < -0.4 is 5.56 Å². The number of nitrogens with zero attached hydrogens (tertiary/aromatic N) is 3. The molecule has 1 aliphatic heterocycles. The Hall–Kier alpha value is -2.73. The number of pyridine rings is 1. The van der Waals surface area contributed by atoms with E-state index in [9.17, 15) is 9.59 Å². The van der Waals surface area contributed by atoms with E-state index in [1.165, 1.54) is 0 Å². The zero-order chi connectivity index (χ0) is 19.0. The van der Waals surface area contributed by atoms with E-state index in [2.05, 4.69) is 4.57 Å². The quantitative estimate of drug-likeness (QED) is 0.667. The Morgan fingerprint density at radius 2 is 2.19 bits per heavy atom. The molecule has 3 aromatic rings. The first-order valence-corrected chi connectivity index (χ1v) is 9.27. The number of hydrogen-bond acceptors (Lipinski definition) is 4. The van der Waals surface area contributed by atoms with Crippen LogP contribution in [-0.4, -0.2) is 33.6 Å². The molecule has 1 aliphatic rings. The summed E-state index contributed by atoms with van der Waals surface area (Å²) in [5.41, 5.74) is 3.99. The molecule has 1 fully saturated rings. The largest absolute Gasteiger partial charge is 0.381 e. The first kappa shape index (κ1) is 17.7. The Bertz CT molecular complexity index is 1030. The van der Waals surface area contributed by atoms with E-state index in [-0.39, 0.29) is 5.56 Å². The second kappa shape index (κ2) is 7.12. The fraction of sp³-hybridized carbons (Fsp3) is 0.381. The fourth-order valence-corrected chi connectivity index (χ4v) is 3.83. The zero-order valence-corrected chi connectivity index (χ0v) is 15.6. The molecule has 0 amide bonds. The minimum atomic E-state index is -0.00895. The zero-order valence-electron chi connectivity index (χ0n) is 15.6. The summed E-state index contributed by atoms with van der Waals surface area (Å²) in [6, 6.07) is 7.44. The summed E-state index contributed by atoms with van der Waals surface area (Å²) in [4.78, 5) is 28.2. The van der Waals surface area contributed by atoms with Crippen LogP contribution in [0.5, 0.6) is 0 Å². The molecule has 0 spiro atoms. The molecule has 0 N–H and O–H groups in total. The maximum atomic E-state index is 12.1. The Balaban J connectivity index is 1.89. The van der Waals surface area contributed by atoms with Gasteiger partial charge in [-0.15, -0.1) is 0 Å². The topological polar surface area (TPSA) is 66.1 Å². The van der Waals surface area contributed by atoms with Gasteiger partial charge >= 0.3 is 0 Å². The van der Waals surface area contributed by atoms with Crippen LogP contribution in [0.25, 0.3) is 22.4 Å². The van der Waals surface area contributed by atoms with Crippen molar-refractivity contribution in [3.05, 3.63) is 51.9 Å². The first-order valence-electron chi connectivity index (χ1n) is 9.27. The van der Waals surface area contributed by atoms with Crippen LogP contribution in [0, 0.1) is 12.8 Å². The van der Waals surface area contributed by atoms with Crippen LogP contribution in [0.1, 0.15) is 28.8 Å². The minimum Gasteiger partial charge on any atom is -0.381 e. The van der Waals surface area contributed by atoms with Gasteiger partial charge in [0.05, 0.1) is 17.6 Å². The van der Waals surface area contributed by atoms with Crippen LogP contribution >= 0.6 is 0 Å². The first-order chi connectivity index (χ1) is 13.1. The van der Waals surface area contributed by atoms with Gasteiger partial charge in [-0.05, 0) is 44.0 Å². The fourth-order valence-electron chi connectivity index (χ4n) is 3.83. The minimum absolute atomic E-state index is 0.00895. The van der Waals surface area contributed by atoms with E-state index in [1.807, 2.05) is 31.3 Å². The molecule has 0 aliphatic carbocycles. The molecule has 0 saturated carbocycles. The average Bonchev–Trinajstić information content (AvgIpc) is 3.04. The lowest BCUT2D eigenvalue weighted by Gasteiger charge is -2.23. The number of ether oxygens (including phenoxy) is 1. The number of carbonyl (C=O) groups is 1. The molecule has 2 aromatic heterocycles. The van der Waals surface area contributed by atoms with Gasteiger partial charge in [-0.25, -0.2) is 4.98 Å². The van der Waals surface area contributed by atoms with Crippen molar-refractivity contribution >= 4 is 17.3 Å². The number of carbonyl (C=O) groups excluding carboxylic acids is 1. The van der Waals surface area contributed by atoms with Gasteiger partial charge in [0.25, 0.3) is 5.56 Å². The van der Waals surface area contributed by atoms with Crippen molar-refractivity contribution in [1.29, 1.82) is 0 Å². The number of imidazole rings is 1. The molecule has 3 heterocycles. The maximum absolute atomic E-state index is 12.1. The molecule has 6 nitrogen and oxygen atoms in total. The predicted molar refractivity (Wildman–Crippen MR) is 104 cm³/mol. The van der Waals surface area contributed by atoms with Gasteiger partial charge in [-0.1, -0.05) is 0 Å². The van der Waals surface area contributed by atoms with E-state index < -0.39 is 0 Å². The van der Waals surface area contributed by atoms with Gasteiger partial charge in [0.2, 0.25) is 0 Å². The highest BCUT2D eigenvalue weighted by molar-refractivity contribution is 5.87. The summed E-state index contributed by atoms with van der Waals surface area (Å²) >= 11 is 0. The molecule has 0 bridgehead atoms. The normalized spacial score (nSPS) is 17.3. The third kappa shape index (κ3) is 3.32. The number of aryl methyl sites for hydroxylation is 2. The van der Waals surface area contributed by atoms with E-state index in [0.29, 0.717) is 17.0 Å². The predicted octanol–water partition coefficient (Wildman–Crippen LogP) is 2.95. The van der Waals surface area contributed by atoms with Gasteiger partial charge in [0.15, 0.2) is 0 Å². The van der Waals surface area contributed by atoms with Gasteiger partial charge in [0, 0.05) is 49.0 Å². The number of fused-ring (bicyclic) bond motifs is 1. The number of hydrogen-bond donors (Lipinski definition) is 0. The van der Waals surface area contributed by atoms with Crippen molar-refractivity contribution in [3.63, 3.8) is 0 Å². The Labute approximate surface area is 157 Å². The highest BCUT2D eigenvalue weighted by atomic mass is 16.5. The monoisotopic (exact) mass is 365 g/mol. The third-order valence-corrected chi connectivity index (χ3v) is 5.22. The summed E-state index contributed by atoms with van der Waals surface area (Å²) in [6.45, 7) is 4.15. The third-order valence-electron chi connectivity index (χ3n) is 5.22. The molecule has 4 rings (SSSR count). The van der Waals surface area contributed by atoms with Crippen LogP contribution in [-0.2, 0) is 18.3 Å². The highest BCUT2D eigenvalue weighted by Crippen LogP contribution is 2.28. The van der Waals surface area contributed by atoms with Crippen LogP contribution in [0.3, 0.4) is 0 Å². The average molecular weight is 365 g/mol. The van der Waals surface area contributed by atoms with Crippen molar-refractivity contribution in [3.8, 4) is 11.4 Å². The molecule has 1 atom stereocenters. The van der Waals surface area contributed by atoms with Gasteiger partial charge in [-0.3, -0.25) is 9.59 Å². The summed E-state index contributed by atoms with van der Waals surface area (Å²) in [7, 11) is 1.76. The molecule has 27 heavy (non-hydrogen) atoms. The summed E-state index contributed by atoms with van der Waals surface area (Å²) in [5, 5.41) is 0. The number of aldehydes is 1. The van der Waals surface area contributed by atoms with Crippen molar-refractivity contribution in [2.45, 2.75) is 26.3 Å². The van der Waals surface area contributed by atoms with Crippen molar-refractivity contribution in [2.75, 3.05) is 13.2 Å². The molecule has 1 aromatic carbocycles. The molecule has 0 radical (unpaired) electrons. The van der Waals surface area contributed by atoms with E-state index in [1.54, 1.807) is 17.7 Å². The molecular formula is C21H23N3O3. The molecule has 6 heteroatoms. The molecule has 1 saturated heterocycles. The number of rotatable bonds is 4. The second-order valence-corrected chi connectivity index (χ2v) is 7.32. The summed E-state index contributed by atoms with van der Waals surface area (Å²) in [5.74, 6) is 1.22. The summed E-state index contributed by atoms with van der Waals surface area (Å²) in [6.07, 6.45) is 4.85. The van der Waals surface area contributed by atoms with E-state index in [0.717, 1.165) is 61.3 Å². The lowest BCUT2D eigenvalue weighted by molar-refractivity contribution is 0.0489.